The van der Waals surface area contributed by atoms with E-state index in [1.54, 1.807) is 53.6 Å². The summed E-state index contributed by atoms with van der Waals surface area (Å²) in [7, 11) is 0. The van der Waals surface area contributed by atoms with Crippen LogP contribution in [0.25, 0.3) is 11.8 Å². The summed E-state index contributed by atoms with van der Waals surface area (Å²) in [6.45, 7) is 1.96. The van der Waals surface area contributed by atoms with Gasteiger partial charge in [-0.2, -0.15) is 0 Å². The van der Waals surface area contributed by atoms with Gasteiger partial charge in [0.05, 0.1) is 28.5 Å². The molecule has 8 heteroatoms. The van der Waals surface area contributed by atoms with Gasteiger partial charge in [0.15, 0.2) is 4.80 Å². The van der Waals surface area contributed by atoms with Gasteiger partial charge in [-0.25, -0.2) is 9.79 Å². The fraction of sp³-hybridized carbons (Fsp3) is 0.138. The van der Waals surface area contributed by atoms with Crippen LogP contribution in [0.4, 0.5) is 0 Å². The van der Waals surface area contributed by atoms with Crippen molar-refractivity contribution < 1.29 is 14.6 Å². The third-order valence-corrected chi connectivity index (χ3v) is 7.72. The lowest BCUT2D eigenvalue weighted by Crippen LogP contribution is -2.40. The largest absolute Gasteiger partial charge is 0.508 e. The summed E-state index contributed by atoms with van der Waals surface area (Å²) < 4.78 is 7.56. The van der Waals surface area contributed by atoms with E-state index in [9.17, 15) is 14.7 Å². The molecule has 186 valence electrons. The molecule has 0 unspecified atom stereocenters. The van der Waals surface area contributed by atoms with Gasteiger partial charge >= 0.3 is 5.97 Å². The van der Waals surface area contributed by atoms with E-state index in [0.29, 0.717) is 20.6 Å². The van der Waals surface area contributed by atoms with Gasteiger partial charge in [-0.15, -0.1) is 11.8 Å². The molecule has 0 radical (unpaired) electrons. The molecule has 1 aromatic heterocycles. The third-order valence-electron chi connectivity index (χ3n) is 6.00. The molecule has 0 aliphatic carbocycles. The molecule has 2 heterocycles. The Morgan fingerprint density at radius 3 is 2.43 bits per heavy atom. The monoisotopic (exact) mass is 528 g/mol. The summed E-state index contributed by atoms with van der Waals surface area (Å²) in [5.41, 5.74) is 2.92. The first-order chi connectivity index (χ1) is 18.0. The molecule has 1 N–H and O–H groups in total. The average Bonchev–Trinajstić information content (AvgIpc) is 3.24. The quantitative estimate of drug-likeness (QED) is 0.297. The standard InChI is InChI=1S/C29H24N2O4S2/c1-3-35-28(34)24-25(19-7-5-4-6-8-19)30-29-31(26(24)20-11-15-22(36-2)16-12-20)27(33)23(37-29)17-18-9-13-21(32)14-10-18/h4-17,26,32H,3H2,1-2H3/b23-17-/t26-/m1/s1. The van der Waals surface area contributed by atoms with Gasteiger partial charge in [-0.3, -0.25) is 9.36 Å². The van der Waals surface area contributed by atoms with Crippen LogP contribution in [-0.4, -0.2) is 28.5 Å². The van der Waals surface area contributed by atoms with Crippen LogP contribution in [0.1, 0.15) is 29.7 Å². The van der Waals surface area contributed by atoms with Crippen molar-refractivity contribution in [3.05, 3.63) is 121 Å². The molecule has 1 aliphatic heterocycles. The smallest absolute Gasteiger partial charge is 0.338 e. The predicted octanol–water partition coefficient (Wildman–Crippen LogP) is 4.36. The summed E-state index contributed by atoms with van der Waals surface area (Å²) in [4.78, 5) is 33.7. The Morgan fingerprint density at radius 2 is 1.78 bits per heavy atom. The lowest BCUT2D eigenvalue weighted by molar-refractivity contribution is -0.138. The number of esters is 1. The molecule has 6 nitrogen and oxygen atoms in total. The number of rotatable bonds is 6. The van der Waals surface area contributed by atoms with Gasteiger partial charge in [-0.1, -0.05) is 65.9 Å². The second-order valence-electron chi connectivity index (χ2n) is 8.30. The molecule has 0 spiro atoms. The maximum Gasteiger partial charge on any atom is 0.338 e. The number of hydrogen-bond acceptors (Lipinski definition) is 7. The number of carbonyl (C=O) groups is 1. The van der Waals surface area contributed by atoms with Crippen LogP contribution in [0.2, 0.25) is 0 Å². The summed E-state index contributed by atoms with van der Waals surface area (Å²) in [5.74, 6) is -0.351. The molecule has 0 saturated heterocycles. The number of thioether (sulfide) groups is 1. The molecule has 0 amide bonds. The van der Waals surface area contributed by atoms with E-state index in [0.717, 1.165) is 21.6 Å². The Hall–Kier alpha value is -3.88. The van der Waals surface area contributed by atoms with Crippen molar-refractivity contribution in [1.82, 2.24) is 4.57 Å². The van der Waals surface area contributed by atoms with E-state index >= 15 is 0 Å². The number of aromatic hydroxyl groups is 1. The van der Waals surface area contributed by atoms with Crippen molar-refractivity contribution in [2.45, 2.75) is 17.9 Å². The minimum Gasteiger partial charge on any atom is -0.508 e. The summed E-state index contributed by atoms with van der Waals surface area (Å²) in [5, 5.41) is 9.63. The average molecular weight is 529 g/mol. The second-order valence-corrected chi connectivity index (χ2v) is 10.2. The molecule has 1 aliphatic rings. The summed E-state index contributed by atoms with van der Waals surface area (Å²) in [6.07, 6.45) is 3.77. The zero-order valence-corrected chi connectivity index (χ0v) is 21.9. The Kier molecular flexibility index (Phi) is 7.12. The van der Waals surface area contributed by atoms with Crippen LogP contribution in [0.15, 0.2) is 99.1 Å². The van der Waals surface area contributed by atoms with Crippen LogP contribution in [0, 0.1) is 0 Å². The molecule has 0 bridgehead atoms. The molecular weight excluding hydrogens is 504 g/mol. The predicted molar refractivity (Wildman–Crippen MR) is 147 cm³/mol. The van der Waals surface area contributed by atoms with Gasteiger partial charge in [0.25, 0.3) is 5.56 Å². The summed E-state index contributed by atoms with van der Waals surface area (Å²) >= 11 is 2.89. The van der Waals surface area contributed by atoms with Crippen molar-refractivity contribution in [3.8, 4) is 5.75 Å². The topological polar surface area (TPSA) is 80.9 Å². The first-order valence-electron chi connectivity index (χ1n) is 11.7. The Balaban J connectivity index is 1.81. The zero-order chi connectivity index (χ0) is 25.9. The van der Waals surface area contributed by atoms with Crippen molar-refractivity contribution in [1.29, 1.82) is 0 Å². The van der Waals surface area contributed by atoms with Crippen molar-refractivity contribution in [2.75, 3.05) is 12.9 Å². The highest BCUT2D eigenvalue weighted by atomic mass is 32.2. The van der Waals surface area contributed by atoms with Crippen LogP contribution in [-0.2, 0) is 9.53 Å². The van der Waals surface area contributed by atoms with Gasteiger partial charge < -0.3 is 9.84 Å². The number of nitrogens with zero attached hydrogens (tertiary/aromatic N) is 2. The number of benzene rings is 3. The van der Waals surface area contributed by atoms with Crippen LogP contribution >= 0.6 is 23.1 Å². The Bertz CT molecular complexity index is 1650. The molecule has 0 saturated carbocycles. The minimum absolute atomic E-state index is 0.152. The van der Waals surface area contributed by atoms with E-state index in [-0.39, 0.29) is 17.9 Å². The molecule has 0 fully saturated rings. The second kappa shape index (κ2) is 10.6. The highest BCUT2D eigenvalue weighted by Gasteiger charge is 2.35. The third kappa shape index (κ3) is 4.90. The van der Waals surface area contributed by atoms with E-state index in [4.69, 9.17) is 9.73 Å². The molecule has 3 aromatic carbocycles. The Morgan fingerprint density at radius 1 is 1.08 bits per heavy atom. The fourth-order valence-corrected chi connectivity index (χ4v) is 5.67. The SMILES string of the molecule is CCOC(=O)C1=C(c2ccccc2)N=c2s/c(=C\c3ccc(O)cc3)c(=O)n2[C@@H]1c1ccc(SC)cc1. The number of hydrogen-bond donors (Lipinski definition) is 1. The molecule has 1 atom stereocenters. The van der Waals surface area contributed by atoms with E-state index in [1.807, 2.05) is 60.9 Å². The fourth-order valence-electron chi connectivity index (χ4n) is 4.26. The van der Waals surface area contributed by atoms with E-state index in [1.165, 1.54) is 11.3 Å². The first-order valence-corrected chi connectivity index (χ1v) is 13.8. The normalized spacial score (nSPS) is 15.3. The number of carbonyl (C=O) groups excluding carboxylic acids is 1. The maximum absolute atomic E-state index is 13.8. The molecule has 5 rings (SSSR count). The highest BCUT2D eigenvalue weighted by molar-refractivity contribution is 7.98. The lowest BCUT2D eigenvalue weighted by atomic mass is 9.93. The number of aromatic nitrogens is 1. The van der Waals surface area contributed by atoms with Gasteiger partial charge in [0.2, 0.25) is 0 Å². The van der Waals surface area contributed by atoms with Gasteiger partial charge in [-0.05, 0) is 54.6 Å². The van der Waals surface area contributed by atoms with Crippen LogP contribution in [0.3, 0.4) is 0 Å². The Labute approximate surface area is 221 Å². The van der Waals surface area contributed by atoms with Crippen molar-refractivity contribution in [3.63, 3.8) is 0 Å². The molecular formula is C29H24N2O4S2. The summed E-state index contributed by atoms with van der Waals surface area (Å²) in [6, 6.07) is 23.3. The van der Waals surface area contributed by atoms with Gasteiger partial charge in [0, 0.05) is 10.5 Å². The van der Waals surface area contributed by atoms with E-state index in [2.05, 4.69) is 0 Å². The molecule has 4 aromatic rings. The van der Waals surface area contributed by atoms with Gasteiger partial charge in [0.1, 0.15) is 5.75 Å². The van der Waals surface area contributed by atoms with E-state index < -0.39 is 12.0 Å². The number of phenolic OH excluding ortho intramolecular Hbond substituents is 1. The van der Waals surface area contributed by atoms with Crippen molar-refractivity contribution >= 4 is 40.8 Å². The molecule has 37 heavy (non-hydrogen) atoms. The number of phenols is 1. The van der Waals surface area contributed by atoms with Crippen LogP contribution in [0.5, 0.6) is 5.75 Å². The minimum atomic E-state index is -0.705. The van der Waals surface area contributed by atoms with Crippen molar-refractivity contribution in [2.24, 2.45) is 4.99 Å². The number of ether oxygens (including phenoxy) is 1. The number of thiazole rings is 1. The highest BCUT2D eigenvalue weighted by Crippen LogP contribution is 2.35. The van der Waals surface area contributed by atoms with Crippen LogP contribution < -0.4 is 14.9 Å². The zero-order valence-electron chi connectivity index (χ0n) is 20.3. The lowest BCUT2D eigenvalue weighted by Gasteiger charge is -2.26. The number of fused-ring (bicyclic) bond motifs is 1. The maximum atomic E-state index is 13.8. The first kappa shape index (κ1) is 24.8.